The van der Waals surface area contributed by atoms with E-state index in [0.29, 0.717) is 17.4 Å². The second-order valence-corrected chi connectivity index (χ2v) is 6.57. The molecule has 0 spiro atoms. The summed E-state index contributed by atoms with van der Waals surface area (Å²) in [5.74, 6) is 0.102. The van der Waals surface area contributed by atoms with Crippen LogP contribution in [0, 0.1) is 0 Å². The van der Waals surface area contributed by atoms with E-state index in [4.69, 9.17) is 4.42 Å². The lowest BCUT2D eigenvalue weighted by Gasteiger charge is -2.18. The van der Waals surface area contributed by atoms with Gasteiger partial charge in [0.1, 0.15) is 0 Å². The zero-order chi connectivity index (χ0) is 17.8. The van der Waals surface area contributed by atoms with Gasteiger partial charge in [-0.05, 0) is 17.7 Å². The molecular weight excluding hydrogens is 344 g/mol. The second kappa shape index (κ2) is 7.37. The molecule has 128 valence electrons. The van der Waals surface area contributed by atoms with Gasteiger partial charge in [0.2, 0.25) is 0 Å². The van der Waals surface area contributed by atoms with Gasteiger partial charge in [-0.15, -0.1) is 11.3 Å². The Bertz CT molecular complexity index is 979. The first-order valence-corrected chi connectivity index (χ1v) is 9.09. The van der Waals surface area contributed by atoms with Crippen molar-refractivity contribution < 1.29 is 9.21 Å². The smallest absolute Gasteiger partial charge is 0.296 e. The van der Waals surface area contributed by atoms with Crippen LogP contribution in [-0.2, 0) is 6.54 Å². The molecule has 0 bridgehead atoms. The number of thiazole rings is 1. The molecule has 0 aliphatic heterocycles. The summed E-state index contributed by atoms with van der Waals surface area (Å²) in [5, 5.41) is 2.62. The van der Waals surface area contributed by atoms with Crippen LogP contribution in [0.4, 0.5) is 5.13 Å². The lowest BCUT2D eigenvalue weighted by Crippen LogP contribution is -2.30. The Kier molecular flexibility index (Phi) is 4.62. The minimum absolute atomic E-state index is 0.201. The standard InChI is InChI=1S/C21H16N2O2S/c24-20(19-12-7-13-25-19)23(14-16-8-3-1-4-9-16)21-22-18(15-26-21)17-10-5-2-6-11-17/h1-13,15H,14H2. The lowest BCUT2D eigenvalue weighted by atomic mass is 10.2. The topological polar surface area (TPSA) is 46.3 Å². The number of hydrogen-bond donors (Lipinski definition) is 0. The van der Waals surface area contributed by atoms with Crippen molar-refractivity contribution in [1.82, 2.24) is 4.98 Å². The van der Waals surface area contributed by atoms with Crippen molar-refractivity contribution in [3.8, 4) is 11.3 Å². The summed E-state index contributed by atoms with van der Waals surface area (Å²) in [6.07, 6.45) is 1.51. The molecule has 0 aliphatic carbocycles. The molecule has 4 rings (SSSR count). The first kappa shape index (κ1) is 16.3. The highest BCUT2D eigenvalue weighted by atomic mass is 32.1. The van der Waals surface area contributed by atoms with Crippen LogP contribution in [0.1, 0.15) is 16.1 Å². The van der Waals surface area contributed by atoms with Gasteiger partial charge < -0.3 is 4.42 Å². The molecule has 2 heterocycles. The van der Waals surface area contributed by atoms with E-state index in [1.165, 1.54) is 17.6 Å². The first-order valence-electron chi connectivity index (χ1n) is 8.21. The van der Waals surface area contributed by atoms with Gasteiger partial charge in [-0.1, -0.05) is 60.7 Å². The van der Waals surface area contributed by atoms with Crippen LogP contribution in [0.5, 0.6) is 0 Å². The van der Waals surface area contributed by atoms with E-state index in [-0.39, 0.29) is 5.91 Å². The summed E-state index contributed by atoms with van der Waals surface area (Å²) >= 11 is 1.45. The number of benzene rings is 2. The maximum atomic E-state index is 13.0. The fourth-order valence-corrected chi connectivity index (χ4v) is 3.49. The van der Waals surface area contributed by atoms with Gasteiger partial charge in [-0.2, -0.15) is 0 Å². The molecule has 4 nitrogen and oxygen atoms in total. The number of nitrogens with zero attached hydrogens (tertiary/aromatic N) is 2. The summed E-state index contributed by atoms with van der Waals surface area (Å²) < 4.78 is 5.31. The molecule has 2 aromatic heterocycles. The average molecular weight is 360 g/mol. The molecular formula is C21H16N2O2S. The molecule has 0 fully saturated rings. The van der Waals surface area contributed by atoms with Crippen LogP contribution in [0.25, 0.3) is 11.3 Å². The third-order valence-electron chi connectivity index (χ3n) is 3.95. The van der Waals surface area contributed by atoms with Crippen LogP contribution in [0.15, 0.2) is 88.9 Å². The maximum Gasteiger partial charge on any atom is 0.296 e. The molecule has 0 saturated carbocycles. The molecule has 1 amide bonds. The fourth-order valence-electron chi connectivity index (χ4n) is 2.66. The fraction of sp³-hybridized carbons (Fsp3) is 0.0476. The Balaban J connectivity index is 1.69. The zero-order valence-corrected chi connectivity index (χ0v) is 14.7. The molecule has 0 saturated heterocycles. The molecule has 4 aromatic rings. The predicted molar refractivity (Wildman–Crippen MR) is 103 cm³/mol. The molecule has 2 aromatic carbocycles. The number of aromatic nitrogens is 1. The van der Waals surface area contributed by atoms with Crippen molar-refractivity contribution in [2.24, 2.45) is 0 Å². The van der Waals surface area contributed by atoms with E-state index in [2.05, 4.69) is 4.98 Å². The molecule has 0 atom stereocenters. The Morgan fingerprint density at radius 1 is 0.962 bits per heavy atom. The number of anilines is 1. The number of rotatable bonds is 5. The monoisotopic (exact) mass is 360 g/mol. The number of hydrogen-bond acceptors (Lipinski definition) is 4. The highest BCUT2D eigenvalue weighted by Gasteiger charge is 2.23. The minimum Gasteiger partial charge on any atom is -0.459 e. The summed E-state index contributed by atoms with van der Waals surface area (Å²) in [4.78, 5) is 19.3. The highest BCUT2D eigenvalue weighted by molar-refractivity contribution is 7.14. The largest absolute Gasteiger partial charge is 0.459 e. The van der Waals surface area contributed by atoms with E-state index in [0.717, 1.165) is 16.8 Å². The lowest BCUT2D eigenvalue weighted by molar-refractivity contribution is 0.0958. The maximum absolute atomic E-state index is 13.0. The SMILES string of the molecule is O=C(c1ccco1)N(Cc1ccccc1)c1nc(-c2ccccc2)cs1. The quantitative estimate of drug-likeness (QED) is 0.488. The van der Waals surface area contributed by atoms with Gasteiger partial charge in [0.05, 0.1) is 18.5 Å². The van der Waals surface area contributed by atoms with Crippen LogP contribution < -0.4 is 4.90 Å². The van der Waals surface area contributed by atoms with Gasteiger partial charge in [0.15, 0.2) is 10.9 Å². The Hall–Kier alpha value is -3.18. The molecule has 0 unspecified atom stereocenters. The molecule has 0 aliphatic rings. The van der Waals surface area contributed by atoms with Crippen molar-refractivity contribution >= 4 is 22.4 Å². The van der Waals surface area contributed by atoms with E-state index >= 15 is 0 Å². The third kappa shape index (κ3) is 3.43. The normalized spacial score (nSPS) is 10.6. The Morgan fingerprint density at radius 3 is 2.38 bits per heavy atom. The van der Waals surface area contributed by atoms with Gasteiger partial charge in [-0.3, -0.25) is 9.69 Å². The van der Waals surface area contributed by atoms with Gasteiger partial charge in [0.25, 0.3) is 5.91 Å². The molecule has 0 N–H and O–H groups in total. The first-order chi connectivity index (χ1) is 12.8. The zero-order valence-electron chi connectivity index (χ0n) is 13.9. The van der Waals surface area contributed by atoms with E-state index in [1.54, 1.807) is 17.0 Å². The molecule has 26 heavy (non-hydrogen) atoms. The van der Waals surface area contributed by atoms with E-state index < -0.39 is 0 Å². The summed E-state index contributed by atoms with van der Waals surface area (Å²) in [6.45, 7) is 0.433. The summed E-state index contributed by atoms with van der Waals surface area (Å²) in [5.41, 5.74) is 2.92. The van der Waals surface area contributed by atoms with Crippen molar-refractivity contribution in [2.75, 3.05) is 4.90 Å². The van der Waals surface area contributed by atoms with Crippen molar-refractivity contribution in [3.05, 3.63) is 95.8 Å². The molecule has 5 heteroatoms. The van der Waals surface area contributed by atoms with Gasteiger partial charge in [0, 0.05) is 10.9 Å². The van der Waals surface area contributed by atoms with E-state index in [9.17, 15) is 4.79 Å². The average Bonchev–Trinajstić information content (AvgIpc) is 3.39. The van der Waals surface area contributed by atoms with Gasteiger partial charge in [-0.25, -0.2) is 4.98 Å². The van der Waals surface area contributed by atoms with Crippen LogP contribution >= 0.6 is 11.3 Å². The Morgan fingerprint density at radius 2 is 1.69 bits per heavy atom. The number of carbonyl (C=O) groups excluding carboxylic acids is 1. The van der Waals surface area contributed by atoms with Crippen LogP contribution in [-0.4, -0.2) is 10.9 Å². The molecule has 0 radical (unpaired) electrons. The number of furan rings is 1. The van der Waals surface area contributed by atoms with Crippen molar-refractivity contribution in [2.45, 2.75) is 6.54 Å². The van der Waals surface area contributed by atoms with Crippen molar-refractivity contribution in [3.63, 3.8) is 0 Å². The second-order valence-electron chi connectivity index (χ2n) is 5.74. The predicted octanol–water partition coefficient (Wildman–Crippen LogP) is 5.25. The number of carbonyl (C=O) groups is 1. The number of amides is 1. The highest BCUT2D eigenvalue weighted by Crippen LogP contribution is 2.29. The van der Waals surface area contributed by atoms with Crippen LogP contribution in [0.2, 0.25) is 0 Å². The summed E-state index contributed by atoms with van der Waals surface area (Å²) in [6, 6.07) is 23.2. The third-order valence-corrected chi connectivity index (χ3v) is 4.82. The van der Waals surface area contributed by atoms with E-state index in [1.807, 2.05) is 66.0 Å². The minimum atomic E-state index is -0.201. The Labute approximate surface area is 155 Å². The van der Waals surface area contributed by atoms with Crippen molar-refractivity contribution in [1.29, 1.82) is 0 Å². The summed E-state index contributed by atoms with van der Waals surface area (Å²) in [7, 11) is 0. The van der Waals surface area contributed by atoms with Crippen LogP contribution in [0.3, 0.4) is 0 Å². The van der Waals surface area contributed by atoms with Gasteiger partial charge >= 0.3 is 0 Å².